The second-order valence-electron chi connectivity index (χ2n) is 6.23. The Kier molecular flexibility index (Phi) is 5.53. The molecule has 1 unspecified atom stereocenters. The summed E-state index contributed by atoms with van der Waals surface area (Å²) in [5, 5.41) is 17.7. The smallest absolute Gasteiger partial charge is 0.267 e. The van der Waals surface area contributed by atoms with Gasteiger partial charge in [-0.3, -0.25) is 24.7 Å². The molecule has 6 N–H and O–H groups in total. The second-order valence-corrected chi connectivity index (χ2v) is 6.64. The van der Waals surface area contributed by atoms with Crippen molar-refractivity contribution < 1.29 is 19.5 Å². The number of benzene rings is 2. The number of hydrogen-bond acceptors (Lipinski definition) is 6. The van der Waals surface area contributed by atoms with Crippen LogP contribution >= 0.6 is 11.6 Å². The van der Waals surface area contributed by atoms with E-state index in [2.05, 4.69) is 20.9 Å². The maximum absolute atomic E-state index is 12.4. The van der Waals surface area contributed by atoms with E-state index in [0.29, 0.717) is 11.3 Å². The van der Waals surface area contributed by atoms with Crippen LogP contribution in [0.15, 0.2) is 47.5 Å². The molecule has 0 saturated carbocycles. The maximum Gasteiger partial charge on any atom is 0.267 e. The van der Waals surface area contributed by atoms with E-state index >= 15 is 0 Å². The molecule has 0 aromatic heterocycles. The summed E-state index contributed by atoms with van der Waals surface area (Å²) >= 11 is 6.00. The average molecular weight is 416 g/mol. The van der Waals surface area contributed by atoms with Crippen LogP contribution in [0.25, 0.3) is 0 Å². The van der Waals surface area contributed by atoms with Gasteiger partial charge in [-0.1, -0.05) is 23.7 Å². The number of aromatic hydroxyl groups is 1. The monoisotopic (exact) mass is 415 g/mol. The largest absolute Gasteiger partial charge is 0.508 e. The highest BCUT2D eigenvalue weighted by molar-refractivity contribution is 6.47. The normalized spacial score (nSPS) is 18.1. The molecule has 1 aliphatic heterocycles. The van der Waals surface area contributed by atoms with Crippen LogP contribution in [0, 0.1) is 0 Å². The summed E-state index contributed by atoms with van der Waals surface area (Å²) in [5.41, 5.74) is 4.92. The van der Waals surface area contributed by atoms with Crippen molar-refractivity contribution in [2.24, 2.45) is 10.7 Å². The first-order chi connectivity index (χ1) is 13.8. The van der Waals surface area contributed by atoms with Crippen LogP contribution in [0.1, 0.15) is 15.9 Å². The van der Waals surface area contributed by atoms with Gasteiger partial charge in [-0.2, -0.15) is 0 Å². The number of nitrogens with one attached hydrogen (secondary N) is 3. The third-order valence-corrected chi connectivity index (χ3v) is 4.85. The van der Waals surface area contributed by atoms with Gasteiger partial charge in [-0.25, -0.2) is 0 Å². The number of anilines is 1. The van der Waals surface area contributed by atoms with Crippen LogP contribution < -0.4 is 21.7 Å². The number of rotatable bonds is 5. The van der Waals surface area contributed by atoms with E-state index in [9.17, 15) is 19.5 Å². The van der Waals surface area contributed by atoms with Crippen molar-refractivity contribution in [1.82, 2.24) is 10.6 Å². The molecule has 9 nitrogen and oxygen atoms in total. The minimum Gasteiger partial charge on any atom is -0.508 e. The van der Waals surface area contributed by atoms with Crippen molar-refractivity contribution in [2.45, 2.75) is 5.54 Å². The third kappa shape index (κ3) is 3.65. The Morgan fingerprint density at radius 2 is 1.86 bits per heavy atom. The number of nitrogens with zero attached hydrogens (tertiary/aromatic N) is 1. The fourth-order valence-corrected chi connectivity index (χ4v) is 3.28. The quantitative estimate of drug-likeness (QED) is 0.488. The molecule has 1 atom stereocenters. The number of aliphatic imine (C=N–C) groups is 1. The van der Waals surface area contributed by atoms with Crippen molar-refractivity contribution >= 4 is 40.7 Å². The van der Waals surface area contributed by atoms with Gasteiger partial charge in [0.15, 0.2) is 5.54 Å². The van der Waals surface area contributed by atoms with Gasteiger partial charge >= 0.3 is 0 Å². The van der Waals surface area contributed by atoms with E-state index in [4.69, 9.17) is 17.3 Å². The molecule has 0 spiro atoms. The lowest BCUT2D eigenvalue weighted by molar-refractivity contribution is -0.123. The van der Waals surface area contributed by atoms with E-state index in [0.717, 1.165) is 0 Å². The molecule has 0 saturated heterocycles. The molecule has 3 rings (SSSR count). The number of phenolic OH excluding ortho intramolecular Hbond substituents is 1. The lowest BCUT2D eigenvalue weighted by atomic mass is 9.84. The zero-order valence-corrected chi connectivity index (χ0v) is 16.1. The average Bonchev–Trinajstić information content (AvgIpc) is 3.16. The summed E-state index contributed by atoms with van der Waals surface area (Å²) in [6.45, 7) is 0.0557. The molecule has 2 aromatic rings. The zero-order chi connectivity index (χ0) is 21.2. The Hall–Kier alpha value is -3.43. The van der Waals surface area contributed by atoms with Crippen molar-refractivity contribution in [3.63, 3.8) is 0 Å². The molecule has 29 heavy (non-hydrogen) atoms. The van der Waals surface area contributed by atoms with E-state index < -0.39 is 23.3 Å². The molecule has 0 bridgehead atoms. The summed E-state index contributed by atoms with van der Waals surface area (Å²) in [6.07, 6.45) is 0. The second kappa shape index (κ2) is 7.90. The Morgan fingerprint density at radius 3 is 2.48 bits per heavy atom. The highest BCUT2D eigenvalue weighted by Gasteiger charge is 2.49. The first kappa shape index (κ1) is 20.3. The van der Waals surface area contributed by atoms with Gasteiger partial charge in [0.05, 0.1) is 17.3 Å². The highest BCUT2D eigenvalue weighted by atomic mass is 35.5. The van der Waals surface area contributed by atoms with Crippen molar-refractivity contribution in [3.05, 3.63) is 58.6 Å². The minimum absolute atomic E-state index is 0.0316. The van der Waals surface area contributed by atoms with E-state index in [1.807, 2.05) is 0 Å². The summed E-state index contributed by atoms with van der Waals surface area (Å²) in [7, 11) is 1.43. The Labute approximate surface area is 171 Å². The molecule has 2 aromatic carbocycles. The molecule has 3 amide bonds. The first-order valence-electron chi connectivity index (χ1n) is 8.52. The molecule has 0 radical (unpaired) electrons. The van der Waals surface area contributed by atoms with Crippen LogP contribution in [0.2, 0.25) is 5.02 Å². The fourth-order valence-electron chi connectivity index (χ4n) is 3.07. The summed E-state index contributed by atoms with van der Waals surface area (Å²) in [5.74, 6) is -1.91. The molecule has 150 valence electrons. The number of amides is 3. The van der Waals surface area contributed by atoms with Crippen LogP contribution in [-0.4, -0.2) is 42.3 Å². The molecule has 10 heteroatoms. The number of carbonyl (C=O) groups is 3. The molecular formula is C19H18ClN5O4. The highest BCUT2D eigenvalue weighted by Crippen LogP contribution is 2.28. The molecular weight excluding hydrogens is 398 g/mol. The Morgan fingerprint density at radius 1 is 1.17 bits per heavy atom. The summed E-state index contributed by atoms with van der Waals surface area (Å²) in [4.78, 5) is 40.9. The van der Waals surface area contributed by atoms with Crippen LogP contribution in [0.5, 0.6) is 5.75 Å². The van der Waals surface area contributed by atoms with Gasteiger partial charge in [-0.15, -0.1) is 0 Å². The molecule has 0 fully saturated rings. The van der Waals surface area contributed by atoms with Gasteiger partial charge in [0.1, 0.15) is 11.5 Å². The van der Waals surface area contributed by atoms with Gasteiger partial charge in [-0.05, 0) is 35.9 Å². The lowest BCUT2D eigenvalue weighted by Crippen LogP contribution is -2.58. The lowest BCUT2D eigenvalue weighted by Gasteiger charge is -2.27. The van der Waals surface area contributed by atoms with Gasteiger partial charge in [0, 0.05) is 12.7 Å². The fraction of sp³-hybridized carbons (Fsp3) is 0.158. The van der Waals surface area contributed by atoms with Gasteiger partial charge in [0.25, 0.3) is 11.8 Å². The predicted octanol–water partition coefficient (Wildman–Crippen LogP) is 0.726. The van der Waals surface area contributed by atoms with Crippen LogP contribution in [0.3, 0.4) is 0 Å². The van der Waals surface area contributed by atoms with Gasteiger partial charge < -0.3 is 21.5 Å². The standard InChI is InChI=1S/C19H18ClN5O4/c1-22-17(28)15-19(18(21)29,24-9-23-15)10-2-4-11(5-3-10)25-16(27)13-8-12(26)6-7-14(13)20/h2-8,24,26H,9H2,1H3,(H2,21,29)(H,22,28)(H,25,27). The maximum atomic E-state index is 12.4. The first-order valence-corrected chi connectivity index (χ1v) is 8.89. The predicted molar refractivity (Wildman–Crippen MR) is 108 cm³/mol. The summed E-state index contributed by atoms with van der Waals surface area (Å²) < 4.78 is 0. The number of carbonyl (C=O) groups excluding carboxylic acids is 3. The Bertz CT molecular complexity index is 1020. The Balaban J connectivity index is 1.88. The number of halogens is 1. The number of primary amides is 1. The van der Waals surface area contributed by atoms with Crippen LogP contribution in [-0.2, 0) is 15.1 Å². The molecule has 1 heterocycles. The number of nitrogens with two attached hydrogens (primary N) is 1. The third-order valence-electron chi connectivity index (χ3n) is 4.52. The zero-order valence-electron chi connectivity index (χ0n) is 15.3. The summed E-state index contributed by atoms with van der Waals surface area (Å²) in [6, 6.07) is 10.3. The van der Waals surface area contributed by atoms with E-state index in [1.54, 1.807) is 24.3 Å². The number of hydrogen-bond donors (Lipinski definition) is 5. The molecule has 0 aliphatic carbocycles. The molecule has 1 aliphatic rings. The SMILES string of the molecule is CNC(=O)C1=NCNC1(C(N)=O)c1ccc(NC(=O)c2cc(O)ccc2Cl)cc1. The van der Waals surface area contributed by atoms with E-state index in [1.165, 1.54) is 25.2 Å². The van der Waals surface area contributed by atoms with Crippen molar-refractivity contribution in [1.29, 1.82) is 0 Å². The van der Waals surface area contributed by atoms with Gasteiger partial charge in [0.2, 0.25) is 5.91 Å². The van der Waals surface area contributed by atoms with Crippen molar-refractivity contribution in [2.75, 3.05) is 19.0 Å². The van der Waals surface area contributed by atoms with E-state index in [-0.39, 0.29) is 28.7 Å². The van der Waals surface area contributed by atoms with Crippen molar-refractivity contribution in [3.8, 4) is 5.75 Å². The minimum atomic E-state index is -1.57. The number of phenols is 1. The van der Waals surface area contributed by atoms with Crippen LogP contribution in [0.4, 0.5) is 5.69 Å². The topological polar surface area (TPSA) is 146 Å².